The fourth-order valence-corrected chi connectivity index (χ4v) is 3.84. The molecule has 0 saturated heterocycles. The summed E-state index contributed by atoms with van der Waals surface area (Å²) < 4.78 is 22.6. The third-order valence-electron chi connectivity index (χ3n) is 4.48. The van der Waals surface area contributed by atoms with Crippen molar-refractivity contribution in [3.63, 3.8) is 0 Å². The molecule has 0 radical (unpaired) electrons. The number of sulfone groups is 1. The second-order valence-corrected chi connectivity index (χ2v) is 8.74. The van der Waals surface area contributed by atoms with Crippen molar-refractivity contribution in [2.45, 2.75) is 44.4 Å². The molecule has 22 heavy (non-hydrogen) atoms. The topological polar surface area (TPSA) is 54.5 Å². The van der Waals surface area contributed by atoms with Crippen molar-refractivity contribution < 1.29 is 13.2 Å². The summed E-state index contributed by atoms with van der Waals surface area (Å²) in [6.07, 6.45) is 5.69. The Morgan fingerprint density at radius 1 is 1.14 bits per heavy atom. The third kappa shape index (κ3) is 4.57. The summed E-state index contributed by atoms with van der Waals surface area (Å²) >= 11 is 0. The van der Waals surface area contributed by atoms with Gasteiger partial charge in [-0.25, -0.2) is 8.42 Å². The van der Waals surface area contributed by atoms with E-state index in [1.807, 2.05) is 11.9 Å². The maximum Gasteiger partial charge on any atom is 0.253 e. The molecule has 0 aromatic heterocycles. The third-order valence-corrected chi connectivity index (χ3v) is 5.34. The SMILES string of the molecule is CC1CCC(N(C)C(=O)c2ccc(CS(C)(=O)=O)cc2)CC1. The minimum Gasteiger partial charge on any atom is -0.339 e. The molecule has 1 aliphatic carbocycles. The molecule has 0 aliphatic heterocycles. The van der Waals surface area contributed by atoms with Gasteiger partial charge >= 0.3 is 0 Å². The van der Waals surface area contributed by atoms with Gasteiger partial charge in [0.15, 0.2) is 9.84 Å². The lowest BCUT2D eigenvalue weighted by Crippen LogP contribution is -2.39. The zero-order chi connectivity index (χ0) is 16.3. The second kappa shape index (κ2) is 6.82. The summed E-state index contributed by atoms with van der Waals surface area (Å²) in [4.78, 5) is 14.4. The van der Waals surface area contributed by atoms with Crippen LogP contribution >= 0.6 is 0 Å². The van der Waals surface area contributed by atoms with Crippen molar-refractivity contribution in [3.8, 4) is 0 Å². The molecule has 4 nitrogen and oxygen atoms in total. The van der Waals surface area contributed by atoms with Gasteiger partial charge in [0.25, 0.3) is 5.91 Å². The number of nitrogens with zero attached hydrogens (tertiary/aromatic N) is 1. The van der Waals surface area contributed by atoms with Crippen LogP contribution in [0.25, 0.3) is 0 Å². The van der Waals surface area contributed by atoms with Gasteiger partial charge in [0.05, 0.1) is 5.75 Å². The van der Waals surface area contributed by atoms with E-state index < -0.39 is 9.84 Å². The van der Waals surface area contributed by atoms with E-state index in [4.69, 9.17) is 0 Å². The molecule has 0 atom stereocenters. The van der Waals surface area contributed by atoms with Crippen molar-refractivity contribution in [1.29, 1.82) is 0 Å². The summed E-state index contributed by atoms with van der Waals surface area (Å²) in [5.41, 5.74) is 1.34. The second-order valence-electron chi connectivity index (χ2n) is 6.60. The van der Waals surface area contributed by atoms with E-state index in [1.54, 1.807) is 24.3 Å². The highest BCUT2D eigenvalue weighted by Crippen LogP contribution is 2.27. The molecule has 0 spiro atoms. The van der Waals surface area contributed by atoms with Crippen molar-refractivity contribution in [2.24, 2.45) is 5.92 Å². The van der Waals surface area contributed by atoms with Crippen molar-refractivity contribution in [3.05, 3.63) is 35.4 Å². The first-order valence-corrected chi connectivity index (χ1v) is 9.86. The summed E-state index contributed by atoms with van der Waals surface area (Å²) in [5, 5.41) is 0. The zero-order valence-corrected chi connectivity index (χ0v) is 14.4. The van der Waals surface area contributed by atoms with Crippen LogP contribution in [0.1, 0.15) is 48.5 Å². The first-order valence-electron chi connectivity index (χ1n) is 7.80. The van der Waals surface area contributed by atoms with E-state index in [2.05, 4.69) is 6.92 Å². The van der Waals surface area contributed by atoms with Crippen LogP contribution < -0.4 is 0 Å². The number of carbonyl (C=O) groups excluding carboxylic acids is 1. The Morgan fingerprint density at radius 2 is 1.68 bits per heavy atom. The predicted molar refractivity (Wildman–Crippen MR) is 88.5 cm³/mol. The van der Waals surface area contributed by atoms with Gasteiger partial charge in [0.2, 0.25) is 0 Å². The van der Waals surface area contributed by atoms with Crippen LogP contribution in [0.4, 0.5) is 0 Å². The molecule has 1 saturated carbocycles. The highest BCUT2D eigenvalue weighted by Gasteiger charge is 2.25. The van der Waals surface area contributed by atoms with E-state index in [9.17, 15) is 13.2 Å². The molecule has 2 rings (SSSR count). The smallest absolute Gasteiger partial charge is 0.253 e. The maximum atomic E-state index is 12.5. The molecule has 1 aromatic carbocycles. The molecule has 1 aromatic rings. The highest BCUT2D eigenvalue weighted by molar-refractivity contribution is 7.89. The average molecular weight is 323 g/mol. The number of hydrogen-bond donors (Lipinski definition) is 0. The molecule has 122 valence electrons. The standard InChI is InChI=1S/C17H25NO3S/c1-13-4-10-16(11-5-13)18(2)17(19)15-8-6-14(7-9-15)12-22(3,20)21/h6-9,13,16H,4-5,10-12H2,1-3H3. The highest BCUT2D eigenvalue weighted by atomic mass is 32.2. The minimum atomic E-state index is -3.04. The zero-order valence-electron chi connectivity index (χ0n) is 13.6. The van der Waals surface area contributed by atoms with Gasteiger partial charge in [-0.2, -0.15) is 0 Å². The Hall–Kier alpha value is -1.36. The number of amides is 1. The molecule has 0 N–H and O–H groups in total. The molecule has 1 fully saturated rings. The largest absolute Gasteiger partial charge is 0.339 e. The van der Waals surface area contributed by atoms with E-state index in [0.717, 1.165) is 18.8 Å². The lowest BCUT2D eigenvalue weighted by atomic mass is 9.86. The van der Waals surface area contributed by atoms with Crippen LogP contribution in [0.2, 0.25) is 0 Å². The number of benzene rings is 1. The van der Waals surface area contributed by atoms with E-state index in [0.29, 0.717) is 17.2 Å². The van der Waals surface area contributed by atoms with Gasteiger partial charge in [0, 0.05) is 24.9 Å². The number of carbonyl (C=O) groups is 1. The van der Waals surface area contributed by atoms with Crippen LogP contribution in [0, 0.1) is 5.92 Å². The monoisotopic (exact) mass is 323 g/mol. The number of rotatable bonds is 4. The fourth-order valence-electron chi connectivity index (χ4n) is 3.05. The first-order chi connectivity index (χ1) is 10.3. The predicted octanol–water partition coefficient (Wildman–Crippen LogP) is 2.88. The van der Waals surface area contributed by atoms with Crippen LogP contribution in [-0.4, -0.2) is 38.6 Å². The van der Waals surface area contributed by atoms with Crippen LogP contribution in [0.5, 0.6) is 0 Å². The Labute approximate surface area is 133 Å². The fraction of sp³-hybridized carbons (Fsp3) is 0.588. The summed E-state index contributed by atoms with van der Waals surface area (Å²) in [6.45, 7) is 2.26. The van der Waals surface area contributed by atoms with Crippen LogP contribution in [0.3, 0.4) is 0 Å². The van der Waals surface area contributed by atoms with Gasteiger partial charge in [-0.1, -0.05) is 19.1 Å². The summed E-state index contributed by atoms with van der Waals surface area (Å²) in [7, 11) is -1.18. The van der Waals surface area contributed by atoms with Crippen molar-refractivity contribution in [2.75, 3.05) is 13.3 Å². The molecule has 0 bridgehead atoms. The van der Waals surface area contributed by atoms with E-state index in [-0.39, 0.29) is 11.7 Å². The van der Waals surface area contributed by atoms with Crippen molar-refractivity contribution >= 4 is 15.7 Å². The quantitative estimate of drug-likeness (QED) is 0.856. The van der Waals surface area contributed by atoms with Gasteiger partial charge in [-0.15, -0.1) is 0 Å². The first kappa shape index (κ1) is 17.0. The number of hydrogen-bond acceptors (Lipinski definition) is 3. The van der Waals surface area contributed by atoms with Gasteiger partial charge in [-0.05, 0) is 49.3 Å². The lowest BCUT2D eigenvalue weighted by molar-refractivity contribution is 0.0679. The Balaban J connectivity index is 2.03. The molecule has 1 aliphatic rings. The van der Waals surface area contributed by atoms with Crippen molar-refractivity contribution in [1.82, 2.24) is 4.90 Å². The summed E-state index contributed by atoms with van der Waals surface area (Å²) in [5.74, 6) is 0.790. The maximum absolute atomic E-state index is 12.5. The molecule has 1 amide bonds. The van der Waals surface area contributed by atoms with E-state index in [1.165, 1.54) is 19.1 Å². The molecular formula is C17H25NO3S. The van der Waals surface area contributed by atoms with Gasteiger partial charge in [0.1, 0.15) is 0 Å². The van der Waals surface area contributed by atoms with Gasteiger partial charge in [-0.3, -0.25) is 4.79 Å². The summed E-state index contributed by atoms with van der Waals surface area (Å²) in [6, 6.07) is 7.23. The van der Waals surface area contributed by atoms with E-state index >= 15 is 0 Å². The van der Waals surface area contributed by atoms with Gasteiger partial charge < -0.3 is 4.90 Å². The molecular weight excluding hydrogens is 298 g/mol. The molecule has 0 unspecified atom stereocenters. The van der Waals surface area contributed by atoms with Crippen LogP contribution in [-0.2, 0) is 15.6 Å². The Bertz CT molecular complexity index is 614. The Kier molecular flexibility index (Phi) is 5.27. The minimum absolute atomic E-state index is 0.0117. The normalized spacial score (nSPS) is 22.3. The average Bonchev–Trinajstić information content (AvgIpc) is 2.46. The van der Waals surface area contributed by atoms with Crippen LogP contribution in [0.15, 0.2) is 24.3 Å². The lowest BCUT2D eigenvalue weighted by Gasteiger charge is -2.33. The molecule has 5 heteroatoms. The molecule has 0 heterocycles. The Morgan fingerprint density at radius 3 is 2.18 bits per heavy atom.